The quantitative estimate of drug-likeness (QED) is 0.847. The maximum Gasteiger partial charge on any atom is 0.119 e. The number of nitrogens with zero attached hydrogens (tertiary/aromatic N) is 1. The highest BCUT2D eigenvalue weighted by Crippen LogP contribution is 2.26. The van der Waals surface area contributed by atoms with E-state index in [4.69, 9.17) is 4.74 Å². The number of hydrogen-bond acceptors (Lipinski definition) is 2. The molecule has 2 aromatic rings. The SMILES string of the molecule is CCCN1CCC=C(Cc2c[nH]c3ccc(OC)cc23)C1. The van der Waals surface area contributed by atoms with E-state index in [0.29, 0.717) is 0 Å². The number of aromatic nitrogens is 1. The molecule has 112 valence electrons. The van der Waals surface area contributed by atoms with Crippen molar-refractivity contribution in [2.45, 2.75) is 26.2 Å². The summed E-state index contributed by atoms with van der Waals surface area (Å²) in [5.41, 5.74) is 4.10. The molecule has 1 aliphatic rings. The first kappa shape index (κ1) is 14.2. The van der Waals surface area contributed by atoms with Crippen molar-refractivity contribution in [2.75, 3.05) is 26.7 Å². The molecule has 1 aromatic heterocycles. The Morgan fingerprint density at radius 1 is 1.33 bits per heavy atom. The molecule has 0 saturated heterocycles. The maximum absolute atomic E-state index is 5.35. The monoisotopic (exact) mass is 284 g/mol. The third-order valence-corrected chi connectivity index (χ3v) is 4.24. The molecule has 0 fully saturated rings. The van der Waals surface area contributed by atoms with Gasteiger partial charge in [0.2, 0.25) is 0 Å². The van der Waals surface area contributed by atoms with E-state index in [1.807, 2.05) is 6.07 Å². The van der Waals surface area contributed by atoms with Crippen molar-refractivity contribution in [3.63, 3.8) is 0 Å². The van der Waals surface area contributed by atoms with Crippen LogP contribution in [0.1, 0.15) is 25.3 Å². The second-order valence-electron chi connectivity index (χ2n) is 5.83. The molecule has 0 unspecified atom stereocenters. The first-order valence-corrected chi connectivity index (χ1v) is 7.84. The van der Waals surface area contributed by atoms with Gasteiger partial charge in [0.05, 0.1) is 7.11 Å². The summed E-state index contributed by atoms with van der Waals surface area (Å²) in [7, 11) is 1.72. The van der Waals surface area contributed by atoms with Gasteiger partial charge in [0.25, 0.3) is 0 Å². The molecule has 1 aromatic carbocycles. The maximum atomic E-state index is 5.35. The lowest BCUT2D eigenvalue weighted by molar-refractivity contribution is 0.289. The number of rotatable bonds is 5. The predicted molar refractivity (Wildman–Crippen MR) is 88.0 cm³/mol. The Balaban J connectivity index is 1.80. The number of H-pyrrole nitrogens is 1. The number of methoxy groups -OCH3 is 1. The van der Waals surface area contributed by atoms with E-state index < -0.39 is 0 Å². The van der Waals surface area contributed by atoms with Gasteiger partial charge in [0.15, 0.2) is 0 Å². The minimum absolute atomic E-state index is 0.925. The molecule has 0 spiro atoms. The minimum Gasteiger partial charge on any atom is -0.497 e. The molecule has 1 aliphatic heterocycles. The molecule has 1 N–H and O–H groups in total. The smallest absolute Gasteiger partial charge is 0.119 e. The van der Waals surface area contributed by atoms with Gasteiger partial charge in [-0.2, -0.15) is 0 Å². The fourth-order valence-electron chi connectivity index (χ4n) is 3.19. The van der Waals surface area contributed by atoms with Crippen LogP contribution < -0.4 is 4.74 Å². The number of hydrogen-bond donors (Lipinski definition) is 1. The van der Waals surface area contributed by atoms with Crippen LogP contribution in [0.15, 0.2) is 36.0 Å². The van der Waals surface area contributed by atoms with Crippen molar-refractivity contribution in [1.29, 1.82) is 0 Å². The van der Waals surface area contributed by atoms with E-state index in [-0.39, 0.29) is 0 Å². The van der Waals surface area contributed by atoms with E-state index in [1.165, 1.54) is 42.4 Å². The number of nitrogens with one attached hydrogen (secondary N) is 1. The Bertz CT molecular complexity index is 642. The van der Waals surface area contributed by atoms with Gasteiger partial charge >= 0.3 is 0 Å². The van der Waals surface area contributed by atoms with Gasteiger partial charge in [-0.15, -0.1) is 0 Å². The van der Waals surface area contributed by atoms with Crippen LogP contribution in [0, 0.1) is 0 Å². The normalized spacial score (nSPS) is 16.2. The van der Waals surface area contributed by atoms with E-state index in [1.54, 1.807) is 12.7 Å². The lowest BCUT2D eigenvalue weighted by atomic mass is 10.0. The summed E-state index contributed by atoms with van der Waals surface area (Å²) in [5, 5.41) is 1.28. The van der Waals surface area contributed by atoms with Crippen LogP contribution >= 0.6 is 0 Å². The van der Waals surface area contributed by atoms with Gasteiger partial charge in [-0.25, -0.2) is 0 Å². The summed E-state index contributed by atoms with van der Waals surface area (Å²) in [6.07, 6.45) is 8.01. The lowest BCUT2D eigenvalue weighted by Gasteiger charge is -2.26. The fourth-order valence-corrected chi connectivity index (χ4v) is 3.19. The first-order valence-electron chi connectivity index (χ1n) is 7.84. The molecule has 3 rings (SSSR count). The molecular formula is C18H24N2O. The molecular weight excluding hydrogens is 260 g/mol. The summed E-state index contributed by atoms with van der Waals surface area (Å²) in [5.74, 6) is 0.925. The zero-order valence-corrected chi connectivity index (χ0v) is 13.0. The second-order valence-corrected chi connectivity index (χ2v) is 5.83. The summed E-state index contributed by atoms with van der Waals surface area (Å²) in [4.78, 5) is 5.93. The molecule has 21 heavy (non-hydrogen) atoms. The standard InChI is InChI=1S/C18H24N2O/c1-3-8-20-9-4-5-14(13-20)10-15-12-19-18-7-6-16(21-2)11-17(15)18/h5-7,11-12,19H,3-4,8-10,13H2,1-2H3. The molecule has 0 bridgehead atoms. The minimum atomic E-state index is 0.925. The van der Waals surface area contributed by atoms with Gasteiger partial charge in [-0.1, -0.05) is 18.6 Å². The lowest BCUT2D eigenvalue weighted by Crippen LogP contribution is -2.31. The van der Waals surface area contributed by atoms with Gasteiger partial charge in [0.1, 0.15) is 5.75 Å². The molecule has 3 heteroatoms. The summed E-state index contributed by atoms with van der Waals surface area (Å²) < 4.78 is 5.35. The number of benzene rings is 1. The Morgan fingerprint density at radius 2 is 2.24 bits per heavy atom. The predicted octanol–water partition coefficient (Wildman–Crippen LogP) is 3.76. The average molecular weight is 284 g/mol. The Labute approximate surface area is 126 Å². The Hall–Kier alpha value is -1.74. The van der Waals surface area contributed by atoms with Crippen molar-refractivity contribution in [1.82, 2.24) is 9.88 Å². The van der Waals surface area contributed by atoms with Crippen LogP contribution in [0.4, 0.5) is 0 Å². The van der Waals surface area contributed by atoms with Crippen LogP contribution in [0.3, 0.4) is 0 Å². The highest BCUT2D eigenvalue weighted by molar-refractivity contribution is 5.84. The summed E-state index contributed by atoms with van der Waals surface area (Å²) in [6.45, 7) is 5.78. The van der Waals surface area contributed by atoms with Crippen molar-refractivity contribution >= 4 is 10.9 Å². The van der Waals surface area contributed by atoms with E-state index in [0.717, 1.165) is 18.7 Å². The van der Waals surface area contributed by atoms with Crippen molar-refractivity contribution in [3.05, 3.63) is 41.6 Å². The van der Waals surface area contributed by atoms with Crippen molar-refractivity contribution < 1.29 is 4.74 Å². The van der Waals surface area contributed by atoms with E-state index >= 15 is 0 Å². The third-order valence-electron chi connectivity index (χ3n) is 4.24. The van der Waals surface area contributed by atoms with Crippen LogP contribution in [-0.4, -0.2) is 36.6 Å². The van der Waals surface area contributed by atoms with Gasteiger partial charge in [0, 0.05) is 30.2 Å². The molecule has 0 atom stereocenters. The van der Waals surface area contributed by atoms with Crippen molar-refractivity contribution in [3.8, 4) is 5.75 Å². The highest BCUT2D eigenvalue weighted by Gasteiger charge is 2.14. The topological polar surface area (TPSA) is 28.3 Å². The molecule has 0 saturated carbocycles. The summed E-state index contributed by atoms with van der Waals surface area (Å²) >= 11 is 0. The van der Waals surface area contributed by atoms with Crippen LogP contribution in [0.25, 0.3) is 10.9 Å². The first-order chi connectivity index (χ1) is 10.3. The Morgan fingerprint density at radius 3 is 3.05 bits per heavy atom. The Kier molecular flexibility index (Phi) is 4.30. The second kappa shape index (κ2) is 6.35. The zero-order chi connectivity index (χ0) is 14.7. The molecule has 0 aliphatic carbocycles. The third kappa shape index (κ3) is 3.13. The van der Waals surface area contributed by atoms with E-state index in [9.17, 15) is 0 Å². The fraction of sp³-hybridized carbons (Fsp3) is 0.444. The molecule has 2 heterocycles. The van der Waals surface area contributed by atoms with Gasteiger partial charge in [-0.05, 0) is 49.6 Å². The molecule has 3 nitrogen and oxygen atoms in total. The molecule has 0 amide bonds. The largest absolute Gasteiger partial charge is 0.497 e. The number of aromatic amines is 1. The van der Waals surface area contributed by atoms with Gasteiger partial charge in [-0.3, -0.25) is 4.90 Å². The van der Waals surface area contributed by atoms with Gasteiger partial charge < -0.3 is 9.72 Å². The van der Waals surface area contributed by atoms with Crippen molar-refractivity contribution in [2.24, 2.45) is 0 Å². The van der Waals surface area contributed by atoms with Crippen LogP contribution in [0.5, 0.6) is 5.75 Å². The highest BCUT2D eigenvalue weighted by atomic mass is 16.5. The number of fused-ring (bicyclic) bond motifs is 1. The van der Waals surface area contributed by atoms with E-state index in [2.05, 4.69) is 41.2 Å². The number of ether oxygens (including phenoxy) is 1. The molecule has 0 radical (unpaired) electrons. The van der Waals surface area contributed by atoms with Crippen LogP contribution in [0.2, 0.25) is 0 Å². The average Bonchev–Trinajstić information content (AvgIpc) is 2.90. The summed E-state index contributed by atoms with van der Waals surface area (Å²) in [6, 6.07) is 6.23. The van der Waals surface area contributed by atoms with Crippen LogP contribution in [-0.2, 0) is 6.42 Å². The zero-order valence-electron chi connectivity index (χ0n) is 13.0.